The highest BCUT2D eigenvalue weighted by Crippen LogP contribution is 2.21. The summed E-state index contributed by atoms with van der Waals surface area (Å²) in [6, 6.07) is 4.69. The highest BCUT2D eigenvalue weighted by atomic mass is 35.5. The van der Waals surface area contributed by atoms with Gasteiger partial charge in [-0.1, -0.05) is 11.6 Å². The van der Waals surface area contributed by atoms with Gasteiger partial charge in [0.15, 0.2) is 11.0 Å². The summed E-state index contributed by atoms with van der Waals surface area (Å²) in [5.41, 5.74) is 1.28. The van der Waals surface area contributed by atoms with E-state index in [1.165, 1.54) is 18.5 Å². The Labute approximate surface area is 97.3 Å². The molecule has 2 aromatic rings. The number of anilines is 2. The first-order chi connectivity index (χ1) is 7.66. The lowest BCUT2D eigenvalue weighted by Crippen LogP contribution is -1.96. The Morgan fingerprint density at radius 2 is 2.00 bits per heavy atom. The second kappa shape index (κ2) is 4.45. The number of benzene rings is 1. The van der Waals surface area contributed by atoms with Gasteiger partial charge >= 0.3 is 0 Å². The van der Waals surface area contributed by atoms with Crippen molar-refractivity contribution >= 4 is 23.1 Å². The van der Waals surface area contributed by atoms with E-state index in [1.54, 1.807) is 19.1 Å². The number of nitrogens with one attached hydrogen (secondary N) is 1. The summed E-state index contributed by atoms with van der Waals surface area (Å²) in [4.78, 5) is 7.91. The van der Waals surface area contributed by atoms with Crippen LogP contribution in [0.3, 0.4) is 0 Å². The van der Waals surface area contributed by atoms with Crippen LogP contribution < -0.4 is 5.32 Å². The van der Waals surface area contributed by atoms with Crippen molar-refractivity contribution < 1.29 is 4.39 Å². The van der Waals surface area contributed by atoms with Gasteiger partial charge in [-0.05, 0) is 30.7 Å². The average molecular weight is 238 g/mol. The van der Waals surface area contributed by atoms with Gasteiger partial charge in [-0.3, -0.25) is 0 Å². The summed E-state index contributed by atoms with van der Waals surface area (Å²) in [5, 5.41) is 3.25. The highest BCUT2D eigenvalue weighted by Gasteiger charge is 2.03. The molecule has 0 aliphatic carbocycles. The second-order valence-electron chi connectivity index (χ2n) is 3.28. The summed E-state index contributed by atoms with van der Waals surface area (Å²) in [7, 11) is 0. The summed E-state index contributed by atoms with van der Waals surface area (Å²) in [5.74, 6) is 0.214. The third kappa shape index (κ3) is 2.28. The van der Waals surface area contributed by atoms with Crippen LogP contribution in [0, 0.1) is 12.7 Å². The van der Waals surface area contributed by atoms with Gasteiger partial charge in [-0.25, -0.2) is 14.4 Å². The van der Waals surface area contributed by atoms with Crippen LogP contribution >= 0.6 is 11.6 Å². The summed E-state index contributed by atoms with van der Waals surface area (Å²) < 4.78 is 13.0. The molecule has 0 aliphatic rings. The Balaban J connectivity index is 2.28. The van der Waals surface area contributed by atoms with Crippen LogP contribution in [0.1, 0.15) is 5.56 Å². The van der Waals surface area contributed by atoms with Crippen LogP contribution in [0.2, 0.25) is 5.15 Å². The molecule has 0 saturated heterocycles. The van der Waals surface area contributed by atoms with Crippen LogP contribution in [-0.4, -0.2) is 9.97 Å². The molecule has 0 radical (unpaired) electrons. The van der Waals surface area contributed by atoms with E-state index < -0.39 is 0 Å². The number of hydrogen-bond donors (Lipinski definition) is 1. The minimum atomic E-state index is -0.240. The van der Waals surface area contributed by atoms with E-state index in [4.69, 9.17) is 11.6 Å². The van der Waals surface area contributed by atoms with Gasteiger partial charge in [0.05, 0.1) is 0 Å². The van der Waals surface area contributed by atoms with Gasteiger partial charge in [0.2, 0.25) is 0 Å². The number of aryl methyl sites for hydroxylation is 1. The normalized spacial score (nSPS) is 10.2. The molecule has 1 aromatic heterocycles. The van der Waals surface area contributed by atoms with Crippen LogP contribution in [0.15, 0.2) is 30.6 Å². The minimum absolute atomic E-state index is 0.240. The average Bonchev–Trinajstić information content (AvgIpc) is 2.27. The number of halogens is 2. The number of hydrogen-bond acceptors (Lipinski definition) is 3. The van der Waals surface area contributed by atoms with Crippen molar-refractivity contribution in [2.75, 3.05) is 5.32 Å². The van der Waals surface area contributed by atoms with E-state index in [2.05, 4.69) is 15.3 Å². The molecular formula is C11H9ClFN3. The lowest BCUT2D eigenvalue weighted by atomic mass is 10.2. The SMILES string of the molecule is Cc1cc(Nc2nccnc2Cl)ccc1F. The van der Waals surface area contributed by atoms with Crippen molar-refractivity contribution in [1.82, 2.24) is 9.97 Å². The zero-order valence-electron chi connectivity index (χ0n) is 8.54. The Morgan fingerprint density at radius 1 is 1.25 bits per heavy atom. The molecule has 1 heterocycles. The maximum absolute atomic E-state index is 13.0. The van der Waals surface area contributed by atoms with E-state index in [-0.39, 0.29) is 11.0 Å². The van der Waals surface area contributed by atoms with Crippen LogP contribution in [0.25, 0.3) is 0 Å². The molecule has 0 fully saturated rings. The number of nitrogens with zero attached hydrogens (tertiary/aromatic N) is 2. The maximum atomic E-state index is 13.0. The molecule has 1 aromatic carbocycles. The molecule has 1 N–H and O–H groups in total. The van der Waals surface area contributed by atoms with Crippen molar-refractivity contribution in [1.29, 1.82) is 0 Å². The molecule has 0 amide bonds. The molecule has 0 aliphatic heterocycles. The molecule has 0 spiro atoms. The molecule has 0 unspecified atom stereocenters. The predicted molar refractivity (Wildman–Crippen MR) is 61.5 cm³/mol. The first kappa shape index (κ1) is 10.8. The van der Waals surface area contributed by atoms with Gasteiger partial charge in [0.1, 0.15) is 5.82 Å². The molecule has 5 heteroatoms. The van der Waals surface area contributed by atoms with Gasteiger partial charge in [0.25, 0.3) is 0 Å². The van der Waals surface area contributed by atoms with Gasteiger partial charge in [0, 0.05) is 18.1 Å². The monoisotopic (exact) mass is 237 g/mol. The fourth-order valence-corrected chi connectivity index (χ4v) is 1.42. The standard InChI is InChI=1S/C11H9ClFN3/c1-7-6-8(2-3-9(7)13)16-11-10(12)14-4-5-15-11/h2-6H,1H3,(H,15,16). The third-order valence-electron chi connectivity index (χ3n) is 2.07. The van der Waals surface area contributed by atoms with Gasteiger partial charge in [-0.15, -0.1) is 0 Å². The zero-order valence-corrected chi connectivity index (χ0v) is 9.29. The van der Waals surface area contributed by atoms with Crippen LogP contribution in [0.5, 0.6) is 0 Å². The predicted octanol–water partition coefficient (Wildman–Crippen LogP) is 3.32. The first-order valence-corrected chi connectivity index (χ1v) is 5.04. The fourth-order valence-electron chi connectivity index (χ4n) is 1.26. The Hall–Kier alpha value is -1.68. The van der Waals surface area contributed by atoms with E-state index in [0.29, 0.717) is 11.4 Å². The lowest BCUT2D eigenvalue weighted by Gasteiger charge is -2.07. The fraction of sp³-hybridized carbons (Fsp3) is 0.0909. The van der Waals surface area contributed by atoms with Crippen molar-refractivity contribution in [3.63, 3.8) is 0 Å². The molecule has 16 heavy (non-hydrogen) atoms. The molecule has 82 valence electrons. The highest BCUT2D eigenvalue weighted by molar-refractivity contribution is 6.31. The van der Waals surface area contributed by atoms with Crippen molar-refractivity contribution in [2.45, 2.75) is 6.92 Å². The van der Waals surface area contributed by atoms with Crippen LogP contribution in [-0.2, 0) is 0 Å². The molecule has 0 saturated carbocycles. The largest absolute Gasteiger partial charge is 0.338 e. The lowest BCUT2D eigenvalue weighted by molar-refractivity contribution is 0.619. The van der Waals surface area contributed by atoms with Crippen molar-refractivity contribution in [3.05, 3.63) is 47.1 Å². The Kier molecular flexibility index (Phi) is 3.01. The van der Waals surface area contributed by atoms with E-state index in [9.17, 15) is 4.39 Å². The molecule has 3 nitrogen and oxygen atoms in total. The van der Waals surface area contributed by atoms with Crippen molar-refractivity contribution in [2.24, 2.45) is 0 Å². The quantitative estimate of drug-likeness (QED) is 0.871. The molecular weight excluding hydrogens is 229 g/mol. The molecule has 0 bridgehead atoms. The molecule has 0 atom stereocenters. The second-order valence-corrected chi connectivity index (χ2v) is 3.64. The first-order valence-electron chi connectivity index (χ1n) is 4.66. The zero-order chi connectivity index (χ0) is 11.5. The summed E-state index contributed by atoms with van der Waals surface area (Å²) >= 11 is 5.84. The summed E-state index contributed by atoms with van der Waals surface area (Å²) in [6.07, 6.45) is 3.04. The third-order valence-corrected chi connectivity index (χ3v) is 2.35. The minimum Gasteiger partial charge on any atom is -0.338 e. The smallest absolute Gasteiger partial charge is 0.171 e. The van der Waals surface area contributed by atoms with E-state index in [0.717, 1.165) is 5.69 Å². The Morgan fingerprint density at radius 3 is 2.69 bits per heavy atom. The van der Waals surface area contributed by atoms with E-state index in [1.807, 2.05) is 0 Å². The maximum Gasteiger partial charge on any atom is 0.171 e. The van der Waals surface area contributed by atoms with Crippen molar-refractivity contribution in [3.8, 4) is 0 Å². The van der Waals surface area contributed by atoms with Gasteiger partial charge < -0.3 is 5.32 Å². The van der Waals surface area contributed by atoms with Crippen LogP contribution in [0.4, 0.5) is 15.9 Å². The van der Waals surface area contributed by atoms with E-state index >= 15 is 0 Å². The Bertz CT molecular complexity index is 516. The number of aromatic nitrogens is 2. The van der Waals surface area contributed by atoms with Gasteiger partial charge in [-0.2, -0.15) is 0 Å². The molecule has 2 rings (SSSR count). The summed E-state index contributed by atoms with van der Waals surface area (Å²) in [6.45, 7) is 1.69. The topological polar surface area (TPSA) is 37.8 Å². The number of rotatable bonds is 2.